The summed E-state index contributed by atoms with van der Waals surface area (Å²) in [4.78, 5) is 32.2. The molecule has 0 unspecified atom stereocenters. The molecule has 2 fully saturated rings. The van der Waals surface area contributed by atoms with Crippen LogP contribution in [0, 0.1) is 0 Å². The number of carbonyl (C=O) groups is 2. The van der Waals surface area contributed by atoms with Gasteiger partial charge in [0.05, 0.1) is 6.54 Å². The molecule has 0 radical (unpaired) electrons. The second kappa shape index (κ2) is 8.61. The van der Waals surface area contributed by atoms with Gasteiger partial charge in [-0.1, -0.05) is 29.8 Å². The summed E-state index contributed by atoms with van der Waals surface area (Å²) in [7, 11) is 0. The maximum absolute atomic E-state index is 12.3. The quantitative estimate of drug-likeness (QED) is 0.811. The molecule has 0 spiro atoms. The third kappa shape index (κ3) is 4.38. The van der Waals surface area contributed by atoms with Crippen molar-refractivity contribution >= 4 is 34.9 Å². The van der Waals surface area contributed by atoms with Crippen LogP contribution in [0.5, 0.6) is 0 Å². The molecule has 8 heteroatoms. The molecule has 2 aliphatic heterocycles. The Morgan fingerprint density at radius 3 is 2.50 bits per heavy atom. The lowest BCUT2D eigenvalue weighted by Crippen LogP contribution is -2.50. The highest BCUT2D eigenvalue weighted by Crippen LogP contribution is 2.33. The first kappa shape index (κ1) is 19.4. The predicted octanol–water partition coefficient (Wildman–Crippen LogP) is 2.74. The molecule has 0 bridgehead atoms. The Bertz CT molecular complexity index is 863. The zero-order chi connectivity index (χ0) is 19.5. The van der Waals surface area contributed by atoms with Crippen molar-refractivity contribution in [1.82, 2.24) is 20.0 Å². The molecule has 4 rings (SSSR count). The van der Waals surface area contributed by atoms with E-state index in [0.717, 1.165) is 43.3 Å². The first-order chi connectivity index (χ1) is 13.6. The van der Waals surface area contributed by atoms with Crippen LogP contribution < -0.4 is 5.32 Å². The number of nitrogens with zero attached hydrogens (tertiary/aromatic N) is 3. The second-order valence-corrected chi connectivity index (χ2v) is 8.65. The molecule has 2 aromatic rings. The van der Waals surface area contributed by atoms with Crippen LogP contribution in [-0.2, 0) is 11.3 Å². The molecule has 0 saturated carbocycles. The van der Waals surface area contributed by atoms with Crippen molar-refractivity contribution in [3.05, 3.63) is 46.3 Å². The Balaban J connectivity index is 1.27. The van der Waals surface area contributed by atoms with Crippen LogP contribution in [0.2, 0.25) is 5.02 Å². The first-order valence-electron chi connectivity index (χ1n) is 9.46. The Hall–Kier alpha value is -1.93. The fourth-order valence-corrected chi connectivity index (χ4v) is 4.96. The number of thiophene rings is 1. The van der Waals surface area contributed by atoms with E-state index in [4.69, 9.17) is 11.6 Å². The van der Waals surface area contributed by atoms with Crippen LogP contribution in [0.3, 0.4) is 0 Å². The van der Waals surface area contributed by atoms with Gasteiger partial charge < -0.3 is 5.32 Å². The zero-order valence-corrected chi connectivity index (χ0v) is 17.1. The van der Waals surface area contributed by atoms with E-state index in [2.05, 4.69) is 27.2 Å². The minimum atomic E-state index is -0.268. The summed E-state index contributed by atoms with van der Waals surface area (Å²) in [6.07, 6.45) is 0. The summed E-state index contributed by atoms with van der Waals surface area (Å²) in [6, 6.07) is 12.0. The highest BCUT2D eigenvalue weighted by atomic mass is 35.5. The fraction of sp³-hybridized carbons (Fsp3) is 0.400. The normalized spacial score (nSPS) is 18.5. The van der Waals surface area contributed by atoms with E-state index < -0.39 is 0 Å². The van der Waals surface area contributed by atoms with Gasteiger partial charge in [0.1, 0.15) is 0 Å². The Morgan fingerprint density at radius 1 is 1.04 bits per heavy atom. The van der Waals surface area contributed by atoms with Crippen molar-refractivity contribution in [3.63, 3.8) is 0 Å². The molecular formula is C20H23ClN4O2S. The third-order valence-electron chi connectivity index (χ3n) is 5.16. The summed E-state index contributed by atoms with van der Waals surface area (Å²) < 4.78 is 0. The fourth-order valence-electron chi connectivity index (χ4n) is 3.58. The zero-order valence-electron chi connectivity index (χ0n) is 15.6. The predicted molar refractivity (Wildman–Crippen MR) is 112 cm³/mol. The van der Waals surface area contributed by atoms with Crippen molar-refractivity contribution in [2.24, 2.45) is 0 Å². The number of halogens is 1. The highest BCUT2D eigenvalue weighted by molar-refractivity contribution is 7.15. The van der Waals surface area contributed by atoms with Crippen LogP contribution in [0.4, 0.5) is 4.79 Å². The number of piperazine rings is 1. The lowest BCUT2D eigenvalue weighted by Gasteiger charge is -2.34. The van der Waals surface area contributed by atoms with E-state index in [1.807, 2.05) is 24.3 Å². The lowest BCUT2D eigenvalue weighted by molar-refractivity contribution is -0.129. The number of hydrogen-bond acceptors (Lipinski definition) is 5. The van der Waals surface area contributed by atoms with E-state index in [1.54, 1.807) is 11.3 Å². The molecule has 3 heterocycles. The van der Waals surface area contributed by atoms with Gasteiger partial charge in [-0.3, -0.25) is 19.5 Å². The van der Waals surface area contributed by atoms with E-state index >= 15 is 0 Å². The minimum Gasteiger partial charge on any atom is -0.336 e. The SMILES string of the molecule is O=C(CN1CCN(Cc2ccc(-c3ccccc3Cl)s2)CC1)N1CCNC1=O. The van der Waals surface area contributed by atoms with Crippen LogP contribution in [-0.4, -0.2) is 72.5 Å². The third-order valence-corrected chi connectivity index (χ3v) is 6.59. The maximum Gasteiger partial charge on any atom is 0.324 e. The number of benzene rings is 1. The number of carbonyl (C=O) groups excluding carboxylic acids is 2. The largest absolute Gasteiger partial charge is 0.336 e. The molecule has 1 N–H and O–H groups in total. The van der Waals surface area contributed by atoms with Gasteiger partial charge >= 0.3 is 6.03 Å². The van der Waals surface area contributed by atoms with Crippen LogP contribution >= 0.6 is 22.9 Å². The summed E-state index contributed by atoms with van der Waals surface area (Å²) in [5.74, 6) is -0.105. The molecule has 2 saturated heterocycles. The lowest BCUT2D eigenvalue weighted by atomic mass is 10.2. The maximum atomic E-state index is 12.3. The van der Waals surface area contributed by atoms with Crippen LogP contribution in [0.15, 0.2) is 36.4 Å². The molecule has 28 heavy (non-hydrogen) atoms. The standard InChI is InChI=1S/C20H23ClN4O2S/c21-17-4-2-1-3-16(17)18-6-5-15(28-18)13-23-9-11-24(12-10-23)14-19(26)25-8-7-22-20(25)27/h1-6H,7-14H2,(H,22,27). The molecule has 6 nitrogen and oxygen atoms in total. The average Bonchev–Trinajstić information content (AvgIpc) is 3.33. The van der Waals surface area contributed by atoms with E-state index in [1.165, 1.54) is 14.7 Å². The molecule has 1 aromatic carbocycles. The molecular weight excluding hydrogens is 396 g/mol. The van der Waals surface area contributed by atoms with Gasteiger partial charge in [-0.2, -0.15) is 0 Å². The molecule has 0 atom stereocenters. The Morgan fingerprint density at radius 2 is 1.79 bits per heavy atom. The van der Waals surface area contributed by atoms with Gasteiger partial charge in [0.2, 0.25) is 5.91 Å². The summed E-state index contributed by atoms with van der Waals surface area (Å²) >= 11 is 8.09. The van der Waals surface area contributed by atoms with Crippen molar-refractivity contribution in [3.8, 4) is 10.4 Å². The van der Waals surface area contributed by atoms with Crippen molar-refractivity contribution in [1.29, 1.82) is 0 Å². The summed E-state index contributed by atoms with van der Waals surface area (Å²) in [6.45, 7) is 5.76. The number of hydrogen-bond donors (Lipinski definition) is 1. The number of rotatable bonds is 5. The van der Waals surface area contributed by atoms with Gasteiger partial charge in [0.25, 0.3) is 0 Å². The van der Waals surface area contributed by atoms with Gasteiger partial charge in [-0.05, 0) is 18.2 Å². The van der Waals surface area contributed by atoms with Gasteiger partial charge in [0, 0.05) is 66.2 Å². The van der Waals surface area contributed by atoms with Crippen molar-refractivity contribution < 1.29 is 9.59 Å². The van der Waals surface area contributed by atoms with Crippen LogP contribution in [0.1, 0.15) is 4.88 Å². The second-order valence-electron chi connectivity index (χ2n) is 7.08. The summed E-state index contributed by atoms with van der Waals surface area (Å²) in [5, 5.41) is 3.45. The number of nitrogens with one attached hydrogen (secondary N) is 1. The van der Waals surface area contributed by atoms with Gasteiger partial charge in [-0.25, -0.2) is 4.79 Å². The molecule has 0 aliphatic carbocycles. The van der Waals surface area contributed by atoms with Crippen LogP contribution in [0.25, 0.3) is 10.4 Å². The molecule has 148 valence electrons. The topological polar surface area (TPSA) is 55.9 Å². The first-order valence-corrected chi connectivity index (χ1v) is 10.7. The number of imide groups is 1. The Labute approximate surface area is 173 Å². The molecule has 1 aromatic heterocycles. The summed E-state index contributed by atoms with van der Waals surface area (Å²) in [5.41, 5.74) is 1.08. The molecule has 3 amide bonds. The van der Waals surface area contributed by atoms with Gasteiger partial charge in [-0.15, -0.1) is 11.3 Å². The van der Waals surface area contributed by atoms with E-state index in [-0.39, 0.29) is 11.9 Å². The smallest absolute Gasteiger partial charge is 0.324 e. The van der Waals surface area contributed by atoms with E-state index in [0.29, 0.717) is 19.6 Å². The number of urea groups is 1. The minimum absolute atomic E-state index is 0.105. The van der Waals surface area contributed by atoms with E-state index in [9.17, 15) is 9.59 Å². The number of amides is 3. The van der Waals surface area contributed by atoms with Crippen molar-refractivity contribution in [2.45, 2.75) is 6.54 Å². The monoisotopic (exact) mass is 418 g/mol. The average molecular weight is 419 g/mol. The molecule has 2 aliphatic rings. The highest BCUT2D eigenvalue weighted by Gasteiger charge is 2.28. The van der Waals surface area contributed by atoms with Gasteiger partial charge in [0.15, 0.2) is 0 Å². The van der Waals surface area contributed by atoms with Crippen molar-refractivity contribution in [2.75, 3.05) is 45.8 Å². The Kier molecular flexibility index (Phi) is 5.96.